The second-order valence-electron chi connectivity index (χ2n) is 4.89. The Morgan fingerprint density at radius 2 is 1.62 bits per heavy atom. The molecule has 1 aliphatic carbocycles. The van der Waals surface area contributed by atoms with Gasteiger partial charge in [0.15, 0.2) is 0 Å². The molecule has 0 atom stereocenters. The minimum atomic E-state index is 0.421. The van der Waals surface area contributed by atoms with Gasteiger partial charge in [-0.05, 0) is 25.0 Å². The molecule has 2 aromatic rings. The van der Waals surface area contributed by atoms with E-state index in [4.69, 9.17) is 34.8 Å². The molecule has 0 radical (unpaired) electrons. The standard InChI is InChI=1S/C14H13Cl3N4/c1-18-12-6-13(21-14(20-12)7-2-3-7)19-11-5-9(16)8(15)4-10(11)17/h4-7H,2-3H2,1H3,(H2,18,19,20,21). The largest absolute Gasteiger partial charge is 0.373 e. The number of nitrogens with one attached hydrogen (secondary N) is 2. The molecule has 2 N–H and O–H groups in total. The van der Waals surface area contributed by atoms with Gasteiger partial charge in [-0.1, -0.05) is 34.8 Å². The Bertz CT molecular complexity index is 686. The molecule has 1 heterocycles. The monoisotopic (exact) mass is 342 g/mol. The molecule has 1 aliphatic rings. The van der Waals surface area contributed by atoms with Crippen LogP contribution in [0.2, 0.25) is 15.1 Å². The topological polar surface area (TPSA) is 49.8 Å². The smallest absolute Gasteiger partial charge is 0.136 e. The number of benzene rings is 1. The zero-order valence-electron chi connectivity index (χ0n) is 11.3. The van der Waals surface area contributed by atoms with Crippen LogP contribution in [0.1, 0.15) is 24.6 Å². The van der Waals surface area contributed by atoms with Crippen molar-refractivity contribution < 1.29 is 0 Å². The second kappa shape index (κ2) is 5.87. The van der Waals surface area contributed by atoms with Gasteiger partial charge in [0.2, 0.25) is 0 Å². The molecule has 7 heteroatoms. The lowest BCUT2D eigenvalue weighted by molar-refractivity contribution is 0.932. The van der Waals surface area contributed by atoms with Gasteiger partial charge in [-0.15, -0.1) is 0 Å². The van der Waals surface area contributed by atoms with Crippen molar-refractivity contribution >= 4 is 52.1 Å². The molecule has 0 amide bonds. The van der Waals surface area contributed by atoms with E-state index in [1.807, 2.05) is 13.1 Å². The van der Waals surface area contributed by atoms with Gasteiger partial charge in [-0.25, -0.2) is 9.97 Å². The van der Waals surface area contributed by atoms with Crippen LogP contribution in [0.3, 0.4) is 0 Å². The minimum Gasteiger partial charge on any atom is -0.373 e. The van der Waals surface area contributed by atoms with Crippen LogP contribution in [0, 0.1) is 0 Å². The molecule has 1 aromatic heterocycles. The molecule has 0 bridgehead atoms. The van der Waals surface area contributed by atoms with Gasteiger partial charge in [0.1, 0.15) is 17.5 Å². The third-order valence-electron chi connectivity index (χ3n) is 3.21. The number of rotatable bonds is 4. The fourth-order valence-corrected chi connectivity index (χ4v) is 2.53. The highest BCUT2D eigenvalue weighted by atomic mass is 35.5. The number of anilines is 3. The molecular formula is C14H13Cl3N4. The van der Waals surface area contributed by atoms with Crippen LogP contribution in [0.5, 0.6) is 0 Å². The Kier molecular flexibility index (Phi) is 4.11. The highest BCUT2D eigenvalue weighted by molar-refractivity contribution is 6.44. The summed E-state index contributed by atoms with van der Waals surface area (Å²) in [6.45, 7) is 0. The van der Waals surface area contributed by atoms with Crippen molar-refractivity contribution in [3.8, 4) is 0 Å². The minimum absolute atomic E-state index is 0.421. The summed E-state index contributed by atoms with van der Waals surface area (Å²) in [6.07, 6.45) is 2.28. The number of hydrogen-bond donors (Lipinski definition) is 2. The van der Waals surface area contributed by atoms with E-state index in [0.29, 0.717) is 32.5 Å². The lowest BCUT2D eigenvalue weighted by atomic mass is 10.3. The van der Waals surface area contributed by atoms with Crippen molar-refractivity contribution in [3.05, 3.63) is 39.1 Å². The molecular weight excluding hydrogens is 331 g/mol. The first-order chi connectivity index (χ1) is 10.1. The molecule has 1 fully saturated rings. The Hall–Kier alpha value is -1.23. The van der Waals surface area contributed by atoms with Crippen molar-refractivity contribution in [2.75, 3.05) is 17.7 Å². The molecule has 0 spiro atoms. The predicted octanol–water partition coefficient (Wildman–Crippen LogP) is 5.10. The molecule has 0 aliphatic heterocycles. The SMILES string of the molecule is CNc1cc(Nc2cc(Cl)c(Cl)cc2Cl)nc(C2CC2)n1. The predicted molar refractivity (Wildman–Crippen MR) is 88.3 cm³/mol. The number of nitrogens with zero attached hydrogens (tertiary/aromatic N) is 2. The molecule has 21 heavy (non-hydrogen) atoms. The Morgan fingerprint density at radius 1 is 0.952 bits per heavy atom. The maximum absolute atomic E-state index is 6.18. The van der Waals surface area contributed by atoms with Gasteiger partial charge < -0.3 is 10.6 Å². The molecule has 1 saturated carbocycles. The Morgan fingerprint density at radius 3 is 2.29 bits per heavy atom. The van der Waals surface area contributed by atoms with Crippen molar-refractivity contribution in [1.82, 2.24) is 9.97 Å². The lowest BCUT2D eigenvalue weighted by Gasteiger charge is -2.11. The van der Waals surface area contributed by atoms with E-state index >= 15 is 0 Å². The fraction of sp³-hybridized carbons (Fsp3) is 0.286. The van der Waals surface area contributed by atoms with Gasteiger partial charge in [0.05, 0.1) is 20.8 Å². The van der Waals surface area contributed by atoms with Crippen molar-refractivity contribution in [2.45, 2.75) is 18.8 Å². The third-order valence-corrected chi connectivity index (χ3v) is 4.25. The van der Waals surface area contributed by atoms with E-state index in [1.54, 1.807) is 12.1 Å². The van der Waals surface area contributed by atoms with Gasteiger partial charge >= 0.3 is 0 Å². The molecule has 4 nitrogen and oxygen atoms in total. The summed E-state index contributed by atoms with van der Waals surface area (Å²) in [5.41, 5.74) is 0.661. The van der Waals surface area contributed by atoms with Crippen LogP contribution in [0.15, 0.2) is 18.2 Å². The zero-order chi connectivity index (χ0) is 15.0. The zero-order valence-corrected chi connectivity index (χ0v) is 13.5. The number of halogens is 3. The van der Waals surface area contributed by atoms with E-state index in [9.17, 15) is 0 Å². The van der Waals surface area contributed by atoms with Gasteiger partial charge in [0.25, 0.3) is 0 Å². The molecule has 0 saturated heterocycles. The van der Waals surface area contributed by atoms with Crippen LogP contribution in [-0.2, 0) is 0 Å². The Balaban J connectivity index is 1.94. The summed E-state index contributed by atoms with van der Waals surface area (Å²) < 4.78 is 0. The van der Waals surface area contributed by atoms with Crippen molar-refractivity contribution in [1.29, 1.82) is 0 Å². The molecule has 110 valence electrons. The van der Waals surface area contributed by atoms with E-state index in [-0.39, 0.29) is 0 Å². The summed E-state index contributed by atoms with van der Waals surface area (Å²) in [5.74, 6) is 2.76. The van der Waals surface area contributed by atoms with E-state index in [0.717, 1.165) is 24.5 Å². The first kappa shape index (κ1) is 14.7. The highest BCUT2D eigenvalue weighted by Crippen LogP contribution is 2.39. The molecule has 3 rings (SSSR count). The number of aromatic nitrogens is 2. The van der Waals surface area contributed by atoms with E-state index in [2.05, 4.69) is 20.6 Å². The lowest BCUT2D eigenvalue weighted by Crippen LogP contribution is -2.03. The fourth-order valence-electron chi connectivity index (χ4n) is 1.94. The van der Waals surface area contributed by atoms with Crippen molar-refractivity contribution in [3.63, 3.8) is 0 Å². The normalized spacial score (nSPS) is 14.1. The molecule has 0 unspecified atom stereocenters. The number of hydrogen-bond acceptors (Lipinski definition) is 4. The van der Waals surface area contributed by atoms with Gasteiger partial charge in [0, 0.05) is 19.0 Å². The second-order valence-corrected chi connectivity index (χ2v) is 6.11. The average molecular weight is 344 g/mol. The van der Waals surface area contributed by atoms with Crippen molar-refractivity contribution in [2.24, 2.45) is 0 Å². The quantitative estimate of drug-likeness (QED) is 0.758. The summed E-state index contributed by atoms with van der Waals surface area (Å²) in [7, 11) is 1.83. The maximum Gasteiger partial charge on any atom is 0.136 e. The Labute approximate surface area is 137 Å². The summed E-state index contributed by atoms with van der Waals surface area (Å²) in [4.78, 5) is 9.00. The molecule has 1 aromatic carbocycles. The average Bonchev–Trinajstić information content (AvgIpc) is 3.29. The third kappa shape index (κ3) is 3.34. The maximum atomic E-state index is 6.18. The summed E-state index contributed by atoms with van der Waals surface area (Å²) in [5, 5.41) is 7.56. The summed E-state index contributed by atoms with van der Waals surface area (Å²) in [6, 6.07) is 5.12. The van der Waals surface area contributed by atoms with Crippen LogP contribution in [-0.4, -0.2) is 17.0 Å². The van der Waals surface area contributed by atoms with Crippen LogP contribution >= 0.6 is 34.8 Å². The first-order valence-electron chi connectivity index (χ1n) is 6.55. The van der Waals surface area contributed by atoms with Crippen LogP contribution < -0.4 is 10.6 Å². The van der Waals surface area contributed by atoms with Gasteiger partial charge in [-0.2, -0.15) is 0 Å². The first-order valence-corrected chi connectivity index (χ1v) is 7.68. The van der Waals surface area contributed by atoms with E-state index in [1.165, 1.54) is 0 Å². The highest BCUT2D eigenvalue weighted by Gasteiger charge is 2.27. The van der Waals surface area contributed by atoms with Crippen LogP contribution in [0.4, 0.5) is 17.3 Å². The van der Waals surface area contributed by atoms with Crippen LogP contribution in [0.25, 0.3) is 0 Å². The van der Waals surface area contributed by atoms with E-state index < -0.39 is 0 Å². The summed E-state index contributed by atoms with van der Waals surface area (Å²) >= 11 is 18.1. The van der Waals surface area contributed by atoms with Gasteiger partial charge in [-0.3, -0.25) is 0 Å².